The predicted molar refractivity (Wildman–Crippen MR) is 62.6 cm³/mol. The third-order valence-electron chi connectivity index (χ3n) is 2.56. The Morgan fingerprint density at radius 1 is 1.42 bits per heavy atom. The van der Waals surface area contributed by atoms with Gasteiger partial charge in [0.05, 0.1) is 6.54 Å². The first kappa shape index (κ1) is 13.4. The lowest BCUT2D eigenvalue weighted by molar-refractivity contribution is -0.0499. The summed E-state index contributed by atoms with van der Waals surface area (Å²) >= 11 is 0. The van der Waals surface area contributed by atoms with Crippen LogP contribution in [-0.4, -0.2) is 16.8 Å². The van der Waals surface area contributed by atoms with Crippen LogP contribution >= 0.6 is 0 Å². The van der Waals surface area contributed by atoms with Crippen molar-refractivity contribution in [2.24, 2.45) is 0 Å². The Morgan fingerprint density at radius 3 is 2.95 bits per heavy atom. The molecule has 0 amide bonds. The van der Waals surface area contributed by atoms with Crippen LogP contribution < -0.4 is 10.1 Å². The van der Waals surface area contributed by atoms with Crippen molar-refractivity contribution >= 4 is 0 Å². The van der Waals surface area contributed by atoms with Crippen molar-refractivity contribution < 1.29 is 18.0 Å². The fourth-order valence-electron chi connectivity index (χ4n) is 1.59. The Hall–Kier alpha value is -2.02. The first-order valence-corrected chi connectivity index (χ1v) is 5.68. The second kappa shape index (κ2) is 6.24. The molecule has 1 aromatic carbocycles. The van der Waals surface area contributed by atoms with Crippen molar-refractivity contribution in [3.63, 3.8) is 0 Å². The molecular formula is C12H13F2N3O2. The van der Waals surface area contributed by atoms with Gasteiger partial charge >= 0.3 is 6.61 Å². The number of alkyl halides is 2. The fraction of sp³-hybridized carbons (Fsp3) is 0.333. The monoisotopic (exact) mass is 269 g/mol. The van der Waals surface area contributed by atoms with E-state index in [2.05, 4.69) is 24.7 Å². The average Bonchev–Trinajstić information content (AvgIpc) is 2.88. The van der Waals surface area contributed by atoms with Crippen molar-refractivity contribution in [2.75, 3.05) is 0 Å². The minimum atomic E-state index is -2.82. The highest BCUT2D eigenvalue weighted by atomic mass is 19.3. The third kappa shape index (κ3) is 3.99. The first-order chi connectivity index (χ1) is 9.15. The van der Waals surface area contributed by atoms with Gasteiger partial charge < -0.3 is 14.6 Å². The zero-order valence-corrected chi connectivity index (χ0v) is 10.2. The first-order valence-electron chi connectivity index (χ1n) is 5.68. The van der Waals surface area contributed by atoms with Crippen molar-refractivity contribution in [3.05, 3.63) is 42.0 Å². The minimum absolute atomic E-state index is 0.0558. The highest BCUT2D eigenvalue weighted by molar-refractivity contribution is 5.30. The summed E-state index contributed by atoms with van der Waals surface area (Å²) in [4.78, 5) is 3.87. The molecule has 1 aromatic heterocycles. The molecule has 2 rings (SSSR count). The van der Waals surface area contributed by atoms with Gasteiger partial charge in [-0.15, -0.1) is 0 Å². The molecule has 1 atom stereocenters. The van der Waals surface area contributed by atoms with Crippen molar-refractivity contribution in [1.82, 2.24) is 15.5 Å². The van der Waals surface area contributed by atoms with E-state index < -0.39 is 6.61 Å². The number of rotatable bonds is 6. The quantitative estimate of drug-likeness (QED) is 0.873. The van der Waals surface area contributed by atoms with E-state index >= 15 is 0 Å². The maximum absolute atomic E-state index is 12.1. The van der Waals surface area contributed by atoms with Crippen LogP contribution in [0, 0.1) is 0 Å². The second-order valence-electron chi connectivity index (χ2n) is 3.90. The van der Waals surface area contributed by atoms with Crippen LogP contribution in [0.25, 0.3) is 0 Å². The highest BCUT2D eigenvalue weighted by Crippen LogP contribution is 2.20. The van der Waals surface area contributed by atoms with Gasteiger partial charge in [-0.25, -0.2) is 0 Å². The van der Waals surface area contributed by atoms with Gasteiger partial charge in [-0.2, -0.15) is 13.8 Å². The van der Waals surface area contributed by atoms with E-state index in [1.54, 1.807) is 12.1 Å². The molecule has 0 aliphatic rings. The van der Waals surface area contributed by atoms with E-state index in [0.717, 1.165) is 5.56 Å². The zero-order chi connectivity index (χ0) is 13.7. The normalized spacial score (nSPS) is 12.6. The molecule has 102 valence electrons. The number of nitrogens with zero attached hydrogens (tertiary/aromatic N) is 2. The van der Waals surface area contributed by atoms with Gasteiger partial charge in [0.25, 0.3) is 0 Å². The molecule has 0 aliphatic carbocycles. The lowest BCUT2D eigenvalue weighted by Gasteiger charge is -2.14. The Morgan fingerprint density at radius 2 is 2.26 bits per heavy atom. The van der Waals surface area contributed by atoms with Gasteiger partial charge in [-0.3, -0.25) is 0 Å². The van der Waals surface area contributed by atoms with E-state index in [0.29, 0.717) is 12.4 Å². The second-order valence-corrected chi connectivity index (χ2v) is 3.90. The van der Waals surface area contributed by atoms with Gasteiger partial charge in [-0.05, 0) is 24.6 Å². The van der Waals surface area contributed by atoms with Crippen LogP contribution in [-0.2, 0) is 6.54 Å². The summed E-state index contributed by atoms with van der Waals surface area (Å²) < 4.78 is 33.2. The van der Waals surface area contributed by atoms with Crippen molar-refractivity contribution in [1.29, 1.82) is 0 Å². The molecule has 1 unspecified atom stereocenters. The summed E-state index contributed by atoms with van der Waals surface area (Å²) in [5.74, 6) is 0.674. The largest absolute Gasteiger partial charge is 0.435 e. The van der Waals surface area contributed by atoms with Crippen LogP contribution in [0.2, 0.25) is 0 Å². The topological polar surface area (TPSA) is 60.2 Å². The highest BCUT2D eigenvalue weighted by Gasteiger charge is 2.09. The summed E-state index contributed by atoms with van der Waals surface area (Å²) in [6, 6.07) is 6.49. The molecule has 0 saturated carbocycles. The molecule has 0 radical (unpaired) electrons. The molecule has 5 nitrogen and oxygen atoms in total. The summed E-state index contributed by atoms with van der Waals surface area (Å²) in [6.45, 7) is -0.489. The number of benzene rings is 1. The maximum Gasteiger partial charge on any atom is 0.387 e. The minimum Gasteiger partial charge on any atom is -0.435 e. The van der Waals surface area contributed by atoms with Crippen LogP contribution in [0.3, 0.4) is 0 Å². The van der Waals surface area contributed by atoms with E-state index in [-0.39, 0.29) is 11.8 Å². The molecule has 19 heavy (non-hydrogen) atoms. The number of hydrogen-bond acceptors (Lipinski definition) is 5. The maximum atomic E-state index is 12.1. The molecule has 0 spiro atoms. The molecule has 2 aromatic rings. The number of aromatic nitrogens is 2. The van der Waals surface area contributed by atoms with Gasteiger partial charge in [0.15, 0.2) is 5.82 Å². The molecular weight excluding hydrogens is 256 g/mol. The number of nitrogens with one attached hydrogen (secondary N) is 1. The fourth-order valence-corrected chi connectivity index (χ4v) is 1.59. The summed E-state index contributed by atoms with van der Waals surface area (Å²) in [6.07, 6.45) is 1.25. The lowest BCUT2D eigenvalue weighted by atomic mass is 10.1. The summed E-state index contributed by atoms with van der Waals surface area (Å²) in [5.41, 5.74) is 0.835. The number of ether oxygens (including phenoxy) is 1. The lowest BCUT2D eigenvalue weighted by Crippen LogP contribution is -2.19. The van der Waals surface area contributed by atoms with Crippen molar-refractivity contribution in [2.45, 2.75) is 26.1 Å². The van der Waals surface area contributed by atoms with Crippen molar-refractivity contribution in [3.8, 4) is 5.75 Å². The molecule has 1 heterocycles. The van der Waals surface area contributed by atoms with Crippen LogP contribution in [0.15, 0.2) is 35.2 Å². The third-order valence-corrected chi connectivity index (χ3v) is 2.56. The molecule has 0 aliphatic heterocycles. The van der Waals surface area contributed by atoms with Gasteiger partial charge in [0, 0.05) is 6.04 Å². The number of halogens is 2. The zero-order valence-electron chi connectivity index (χ0n) is 10.2. The van der Waals surface area contributed by atoms with E-state index in [9.17, 15) is 8.78 Å². The number of hydrogen-bond donors (Lipinski definition) is 1. The molecule has 1 N–H and O–H groups in total. The van der Waals surface area contributed by atoms with E-state index in [1.165, 1.54) is 12.5 Å². The van der Waals surface area contributed by atoms with E-state index in [4.69, 9.17) is 0 Å². The summed E-state index contributed by atoms with van der Waals surface area (Å²) in [5, 5.41) is 6.82. The standard InChI is InChI=1S/C12H13F2N3O2/c1-8(15-6-11-16-7-18-17-11)9-3-2-4-10(5-9)19-12(13)14/h2-5,7-8,12,15H,6H2,1H3. The molecule has 0 saturated heterocycles. The molecule has 7 heteroatoms. The van der Waals surface area contributed by atoms with Gasteiger partial charge in [0.2, 0.25) is 6.39 Å². The summed E-state index contributed by atoms with van der Waals surface area (Å²) in [7, 11) is 0. The SMILES string of the molecule is CC(NCc1ncon1)c1cccc(OC(F)F)c1. The smallest absolute Gasteiger partial charge is 0.387 e. The Bertz CT molecular complexity index is 505. The Labute approximate surface area is 108 Å². The van der Waals surface area contributed by atoms with Gasteiger partial charge in [-0.1, -0.05) is 17.3 Å². The Kier molecular flexibility index (Phi) is 4.40. The van der Waals surface area contributed by atoms with Crippen LogP contribution in [0.5, 0.6) is 5.75 Å². The molecule has 0 fully saturated rings. The van der Waals surface area contributed by atoms with Gasteiger partial charge in [0.1, 0.15) is 5.75 Å². The molecule has 0 bridgehead atoms. The Balaban J connectivity index is 1.96. The van der Waals surface area contributed by atoms with Crippen LogP contribution in [0.1, 0.15) is 24.4 Å². The van der Waals surface area contributed by atoms with E-state index in [1.807, 2.05) is 13.0 Å². The van der Waals surface area contributed by atoms with Crippen LogP contribution in [0.4, 0.5) is 8.78 Å². The predicted octanol–water partition coefficient (Wildman–Crippen LogP) is 2.52. The average molecular weight is 269 g/mol.